The van der Waals surface area contributed by atoms with Crippen molar-refractivity contribution in [3.63, 3.8) is 0 Å². The van der Waals surface area contributed by atoms with Crippen LogP contribution in [-0.2, 0) is 6.54 Å². The molecule has 0 unspecified atom stereocenters. The van der Waals surface area contributed by atoms with Crippen molar-refractivity contribution in [2.45, 2.75) is 20.4 Å². The van der Waals surface area contributed by atoms with Crippen LogP contribution in [0.4, 0.5) is 0 Å². The van der Waals surface area contributed by atoms with Crippen LogP contribution in [0.5, 0.6) is 0 Å². The Labute approximate surface area is 118 Å². The maximum absolute atomic E-state index is 4.60. The lowest BCUT2D eigenvalue weighted by atomic mass is 10.1. The number of rotatable bonds is 4. The van der Waals surface area contributed by atoms with Crippen LogP contribution >= 0.6 is 0 Å². The molecule has 0 fully saturated rings. The van der Waals surface area contributed by atoms with Crippen LogP contribution in [0.1, 0.15) is 18.1 Å². The molecule has 1 aromatic carbocycles. The summed E-state index contributed by atoms with van der Waals surface area (Å²) in [4.78, 5) is 4.60. The molecule has 0 aliphatic rings. The summed E-state index contributed by atoms with van der Waals surface area (Å²) in [6, 6.07) is 8.35. The van der Waals surface area contributed by atoms with E-state index in [1.165, 1.54) is 10.9 Å². The van der Waals surface area contributed by atoms with E-state index in [1.54, 1.807) is 0 Å². The summed E-state index contributed by atoms with van der Waals surface area (Å²) in [6.07, 6.45) is 5.79. The fraction of sp³-hybridized carbons (Fsp3) is 0.250. The first kappa shape index (κ1) is 12.8. The van der Waals surface area contributed by atoms with Crippen molar-refractivity contribution in [2.75, 3.05) is 6.54 Å². The highest BCUT2D eigenvalue weighted by molar-refractivity contribution is 5.90. The molecule has 2 heterocycles. The van der Waals surface area contributed by atoms with Crippen molar-refractivity contribution >= 4 is 10.8 Å². The van der Waals surface area contributed by atoms with Gasteiger partial charge in [0.2, 0.25) is 0 Å². The number of fused-ring (bicyclic) bond motifs is 1. The van der Waals surface area contributed by atoms with Crippen LogP contribution in [0.15, 0.2) is 42.9 Å². The summed E-state index contributed by atoms with van der Waals surface area (Å²) in [6.45, 7) is 5.93. The van der Waals surface area contributed by atoms with E-state index in [1.807, 2.05) is 36.3 Å². The minimum absolute atomic E-state index is 0.836. The van der Waals surface area contributed by atoms with Gasteiger partial charge in [0.25, 0.3) is 0 Å². The lowest BCUT2D eigenvalue weighted by molar-refractivity contribution is 0.727. The Morgan fingerprint density at radius 2 is 1.95 bits per heavy atom. The Morgan fingerprint density at radius 1 is 1.15 bits per heavy atom. The van der Waals surface area contributed by atoms with Crippen LogP contribution in [0.25, 0.3) is 16.6 Å². The monoisotopic (exact) mass is 266 g/mol. The highest BCUT2D eigenvalue weighted by Gasteiger charge is 2.09. The molecule has 1 N–H and O–H groups in total. The van der Waals surface area contributed by atoms with Crippen LogP contribution in [-0.4, -0.2) is 21.3 Å². The molecule has 3 aromatic rings. The molecule has 4 heteroatoms. The van der Waals surface area contributed by atoms with Crippen molar-refractivity contribution in [1.29, 1.82) is 0 Å². The molecule has 0 radical (unpaired) electrons. The van der Waals surface area contributed by atoms with Crippen LogP contribution in [0, 0.1) is 6.92 Å². The number of aryl methyl sites for hydroxylation is 1. The van der Waals surface area contributed by atoms with Gasteiger partial charge in [0.1, 0.15) is 0 Å². The SMILES string of the molecule is CCNCc1cnc(-n2cc(C)cn2)c2ccccc12. The zero-order valence-electron chi connectivity index (χ0n) is 11.8. The van der Waals surface area contributed by atoms with Gasteiger partial charge in [-0.2, -0.15) is 5.10 Å². The largest absolute Gasteiger partial charge is 0.313 e. The van der Waals surface area contributed by atoms with Crippen LogP contribution in [0.2, 0.25) is 0 Å². The average Bonchev–Trinajstić information content (AvgIpc) is 2.91. The Hall–Kier alpha value is -2.20. The first-order valence-electron chi connectivity index (χ1n) is 6.88. The van der Waals surface area contributed by atoms with E-state index in [9.17, 15) is 0 Å². The van der Waals surface area contributed by atoms with E-state index in [4.69, 9.17) is 0 Å². The van der Waals surface area contributed by atoms with E-state index in [0.29, 0.717) is 0 Å². The van der Waals surface area contributed by atoms with Crippen LogP contribution in [0.3, 0.4) is 0 Å². The highest BCUT2D eigenvalue weighted by Crippen LogP contribution is 2.23. The summed E-state index contributed by atoms with van der Waals surface area (Å²) >= 11 is 0. The molecular weight excluding hydrogens is 248 g/mol. The number of hydrogen-bond acceptors (Lipinski definition) is 3. The Bertz CT molecular complexity index is 730. The molecule has 0 amide bonds. The van der Waals surface area contributed by atoms with Crippen molar-refractivity contribution in [1.82, 2.24) is 20.1 Å². The predicted octanol–water partition coefficient (Wildman–Crippen LogP) is 2.84. The van der Waals surface area contributed by atoms with Gasteiger partial charge in [-0.1, -0.05) is 31.2 Å². The van der Waals surface area contributed by atoms with E-state index < -0.39 is 0 Å². The molecule has 20 heavy (non-hydrogen) atoms. The lowest BCUT2D eigenvalue weighted by Crippen LogP contribution is -2.13. The smallest absolute Gasteiger partial charge is 0.161 e. The van der Waals surface area contributed by atoms with E-state index in [2.05, 4.69) is 40.5 Å². The topological polar surface area (TPSA) is 42.7 Å². The van der Waals surface area contributed by atoms with Gasteiger partial charge in [-0.15, -0.1) is 0 Å². The number of nitrogens with one attached hydrogen (secondary N) is 1. The number of nitrogens with zero attached hydrogens (tertiary/aromatic N) is 3. The van der Waals surface area contributed by atoms with Gasteiger partial charge in [0.05, 0.1) is 6.20 Å². The third-order valence-corrected chi connectivity index (χ3v) is 3.35. The molecule has 0 aliphatic heterocycles. The molecule has 0 bridgehead atoms. The number of hydrogen-bond donors (Lipinski definition) is 1. The van der Waals surface area contributed by atoms with E-state index in [0.717, 1.165) is 29.9 Å². The number of pyridine rings is 1. The van der Waals surface area contributed by atoms with Gasteiger partial charge in [0, 0.05) is 24.3 Å². The van der Waals surface area contributed by atoms with Gasteiger partial charge in [0.15, 0.2) is 5.82 Å². The number of aromatic nitrogens is 3. The second-order valence-corrected chi connectivity index (χ2v) is 4.90. The van der Waals surface area contributed by atoms with Crippen molar-refractivity contribution in [3.05, 3.63) is 54.0 Å². The van der Waals surface area contributed by atoms with E-state index in [-0.39, 0.29) is 0 Å². The Balaban J connectivity index is 2.15. The minimum Gasteiger partial charge on any atom is -0.313 e. The second kappa shape index (κ2) is 5.43. The highest BCUT2D eigenvalue weighted by atomic mass is 15.3. The molecule has 102 valence electrons. The van der Waals surface area contributed by atoms with E-state index >= 15 is 0 Å². The zero-order valence-corrected chi connectivity index (χ0v) is 11.8. The normalized spacial score (nSPS) is 11.1. The zero-order chi connectivity index (χ0) is 13.9. The Morgan fingerprint density at radius 3 is 2.65 bits per heavy atom. The Kier molecular flexibility index (Phi) is 3.48. The lowest BCUT2D eigenvalue weighted by Gasteiger charge is -2.10. The summed E-state index contributed by atoms with van der Waals surface area (Å²) in [5, 5.41) is 10.1. The fourth-order valence-electron chi connectivity index (χ4n) is 2.35. The summed E-state index contributed by atoms with van der Waals surface area (Å²) < 4.78 is 1.84. The second-order valence-electron chi connectivity index (χ2n) is 4.90. The standard InChI is InChI=1S/C16H18N4/c1-3-17-9-13-10-18-16(20-11-12(2)8-19-20)15-7-5-4-6-14(13)15/h4-8,10-11,17H,3,9H2,1-2H3. The van der Waals surface area contributed by atoms with Crippen molar-refractivity contribution < 1.29 is 0 Å². The summed E-state index contributed by atoms with van der Waals surface area (Å²) in [5.74, 6) is 0.883. The molecular formula is C16H18N4. The third-order valence-electron chi connectivity index (χ3n) is 3.35. The predicted molar refractivity (Wildman–Crippen MR) is 81.0 cm³/mol. The molecule has 0 spiro atoms. The molecule has 0 saturated carbocycles. The number of benzene rings is 1. The maximum Gasteiger partial charge on any atom is 0.161 e. The fourth-order valence-corrected chi connectivity index (χ4v) is 2.35. The maximum atomic E-state index is 4.60. The van der Waals surface area contributed by atoms with Crippen molar-refractivity contribution in [3.8, 4) is 5.82 Å². The summed E-state index contributed by atoms with van der Waals surface area (Å²) in [5.41, 5.74) is 2.35. The first-order chi connectivity index (χ1) is 9.79. The summed E-state index contributed by atoms with van der Waals surface area (Å²) in [7, 11) is 0. The minimum atomic E-state index is 0.836. The van der Waals surface area contributed by atoms with Gasteiger partial charge in [-0.05, 0) is 30.0 Å². The first-order valence-corrected chi connectivity index (χ1v) is 6.88. The van der Waals surface area contributed by atoms with Gasteiger partial charge in [-0.3, -0.25) is 0 Å². The third kappa shape index (κ3) is 2.30. The van der Waals surface area contributed by atoms with Gasteiger partial charge >= 0.3 is 0 Å². The van der Waals surface area contributed by atoms with Crippen molar-refractivity contribution in [2.24, 2.45) is 0 Å². The molecule has 2 aromatic heterocycles. The van der Waals surface area contributed by atoms with Gasteiger partial charge < -0.3 is 5.32 Å². The van der Waals surface area contributed by atoms with Gasteiger partial charge in [-0.25, -0.2) is 9.67 Å². The van der Waals surface area contributed by atoms with Crippen LogP contribution < -0.4 is 5.32 Å². The molecule has 0 saturated heterocycles. The molecule has 3 rings (SSSR count). The quantitative estimate of drug-likeness (QED) is 0.789. The molecule has 0 aliphatic carbocycles. The average molecular weight is 266 g/mol. The molecule has 4 nitrogen and oxygen atoms in total. The molecule has 0 atom stereocenters.